The minimum absolute atomic E-state index is 0.0322. The third-order valence-corrected chi connectivity index (χ3v) is 3.31. The molecule has 1 aromatic heterocycles. The maximum absolute atomic E-state index is 11.2. The van der Waals surface area contributed by atoms with Crippen LogP contribution in [-0.4, -0.2) is 26.4 Å². The molecule has 1 aliphatic rings. The van der Waals surface area contributed by atoms with Gasteiger partial charge in [0.15, 0.2) is 0 Å². The molecule has 0 amide bonds. The van der Waals surface area contributed by atoms with E-state index in [4.69, 9.17) is 5.11 Å². The number of aryl methyl sites for hydroxylation is 2. The van der Waals surface area contributed by atoms with Gasteiger partial charge in [0.1, 0.15) is 11.4 Å². The predicted molar refractivity (Wildman–Crippen MR) is 60.8 cm³/mol. The van der Waals surface area contributed by atoms with Gasteiger partial charge in [-0.05, 0) is 33.1 Å². The third kappa shape index (κ3) is 1.66. The van der Waals surface area contributed by atoms with Crippen molar-refractivity contribution >= 4 is 11.8 Å². The average molecular weight is 223 g/mol. The molecule has 1 aliphatic carbocycles. The summed E-state index contributed by atoms with van der Waals surface area (Å²) in [4.78, 5) is 11.2. The first-order valence-corrected chi connectivity index (χ1v) is 5.48. The minimum Gasteiger partial charge on any atom is -0.477 e. The molecule has 1 heterocycles. The van der Waals surface area contributed by atoms with Gasteiger partial charge in [-0.15, -0.1) is 0 Å². The van der Waals surface area contributed by atoms with Crippen LogP contribution in [0.3, 0.4) is 0 Å². The predicted octanol–water partition coefficient (Wildman–Crippen LogP) is 1.78. The van der Waals surface area contributed by atoms with E-state index in [1.54, 1.807) is 18.7 Å². The van der Waals surface area contributed by atoms with Gasteiger partial charge >= 0.3 is 5.97 Å². The van der Waals surface area contributed by atoms with Crippen LogP contribution in [0.4, 0.5) is 5.82 Å². The minimum atomic E-state index is -0.920. The number of hydrogen-bond donors (Lipinski definition) is 2. The molecule has 0 aliphatic heterocycles. The van der Waals surface area contributed by atoms with Crippen LogP contribution in [0.2, 0.25) is 0 Å². The van der Waals surface area contributed by atoms with E-state index in [0.29, 0.717) is 11.5 Å². The van der Waals surface area contributed by atoms with Gasteiger partial charge in [-0.3, -0.25) is 4.68 Å². The van der Waals surface area contributed by atoms with Crippen LogP contribution in [0.5, 0.6) is 0 Å². The molecule has 0 saturated heterocycles. The molecule has 1 saturated carbocycles. The molecule has 0 atom stereocenters. The fraction of sp³-hybridized carbons (Fsp3) is 0.636. The Morgan fingerprint density at radius 1 is 1.56 bits per heavy atom. The summed E-state index contributed by atoms with van der Waals surface area (Å²) in [6.07, 6.45) is 3.36. The van der Waals surface area contributed by atoms with E-state index in [1.807, 2.05) is 0 Å². The Kier molecular flexibility index (Phi) is 2.40. The van der Waals surface area contributed by atoms with Crippen LogP contribution < -0.4 is 5.32 Å². The van der Waals surface area contributed by atoms with Gasteiger partial charge in [-0.2, -0.15) is 5.10 Å². The van der Waals surface area contributed by atoms with Crippen LogP contribution >= 0.6 is 0 Å². The van der Waals surface area contributed by atoms with Crippen molar-refractivity contribution in [1.29, 1.82) is 0 Å². The summed E-state index contributed by atoms with van der Waals surface area (Å²) < 4.78 is 1.61. The van der Waals surface area contributed by atoms with Crippen molar-refractivity contribution in [3.8, 4) is 0 Å². The number of hydrogen-bond acceptors (Lipinski definition) is 3. The Hall–Kier alpha value is -1.52. The fourth-order valence-corrected chi connectivity index (χ4v) is 2.18. The number of carbonyl (C=O) groups is 1. The monoisotopic (exact) mass is 223 g/mol. The Morgan fingerprint density at radius 2 is 2.19 bits per heavy atom. The molecule has 0 aromatic carbocycles. The number of aromatic carboxylic acids is 1. The molecule has 0 spiro atoms. The second-order valence-electron chi connectivity index (χ2n) is 4.78. The Balaban J connectivity index is 2.35. The topological polar surface area (TPSA) is 67.2 Å². The molecular weight excluding hydrogens is 206 g/mol. The zero-order chi connectivity index (χ0) is 11.9. The van der Waals surface area contributed by atoms with Crippen molar-refractivity contribution in [3.05, 3.63) is 11.3 Å². The highest BCUT2D eigenvalue weighted by atomic mass is 16.4. The summed E-state index contributed by atoms with van der Waals surface area (Å²) in [5.41, 5.74) is 0.876. The molecule has 88 valence electrons. The van der Waals surface area contributed by atoms with Gasteiger partial charge in [-0.1, -0.05) is 0 Å². The van der Waals surface area contributed by atoms with Gasteiger partial charge in [0.25, 0.3) is 0 Å². The van der Waals surface area contributed by atoms with Gasteiger partial charge < -0.3 is 10.4 Å². The maximum atomic E-state index is 11.2. The van der Waals surface area contributed by atoms with Crippen LogP contribution in [-0.2, 0) is 7.05 Å². The normalized spacial score (nSPS) is 17.9. The first-order chi connectivity index (χ1) is 7.43. The van der Waals surface area contributed by atoms with Crippen LogP contribution in [0.1, 0.15) is 42.2 Å². The van der Waals surface area contributed by atoms with Crippen molar-refractivity contribution in [2.45, 2.75) is 38.6 Å². The lowest BCUT2D eigenvalue weighted by Crippen LogP contribution is -2.42. The first kappa shape index (κ1) is 11.0. The molecule has 0 bridgehead atoms. The van der Waals surface area contributed by atoms with Gasteiger partial charge in [0.2, 0.25) is 0 Å². The van der Waals surface area contributed by atoms with E-state index in [1.165, 1.54) is 6.42 Å². The second kappa shape index (κ2) is 3.50. The largest absolute Gasteiger partial charge is 0.477 e. The Bertz CT molecular complexity index is 433. The molecule has 2 rings (SSSR count). The van der Waals surface area contributed by atoms with Crippen LogP contribution in [0.15, 0.2) is 0 Å². The molecule has 1 aromatic rings. The number of rotatable bonds is 3. The van der Waals surface area contributed by atoms with Crippen molar-refractivity contribution in [1.82, 2.24) is 9.78 Å². The molecule has 5 nitrogen and oxygen atoms in total. The number of nitrogens with one attached hydrogen (secondary N) is 1. The van der Waals surface area contributed by atoms with Crippen LogP contribution in [0.25, 0.3) is 0 Å². The quantitative estimate of drug-likeness (QED) is 0.819. The highest BCUT2D eigenvalue weighted by Gasteiger charge is 2.34. The smallest absolute Gasteiger partial charge is 0.341 e. The first-order valence-electron chi connectivity index (χ1n) is 5.48. The summed E-state index contributed by atoms with van der Waals surface area (Å²) in [6, 6.07) is 0. The van der Waals surface area contributed by atoms with Gasteiger partial charge in [0.05, 0.1) is 5.69 Å². The number of nitrogens with zero attached hydrogens (tertiary/aromatic N) is 2. The molecule has 16 heavy (non-hydrogen) atoms. The number of anilines is 1. The number of carboxylic acid groups (broad SMARTS) is 1. The number of carboxylic acids is 1. The van der Waals surface area contributed by atoms with E-state index in [9.17, 15) is 4.79 Å². The molecule has 2 N–H and O–H groups in total. The fourth-order valence-electron chi connectivity index (χ4n) is 2.18. The van der Waals surface area contributed by atoms with E-state index in [2.05, 4.69) is 17.3 Å². The lowest BCUT2D eigenvalue weighted by atomic mass is 9.78. The van der Waals surface area contributed by atoms with Gasteiger partial charge in [0, 0.05) is 12.6 Å². The zero-order valence-corrected chi connectivity index (χ0v) is 9.87. The zero-order valence-electron chi connectivity index (χ0n) is 9.87. The Morgan fingerprint density at radius 3 is 2.62 bits per heavy atom. The highest BCUT2D eigenvalue weighted by molar-refractivity contribution is 5.94. The molecule has 0 unspecified atom stereocenters. The van der Waals surface area contributed by atoms with Crippen molar-refractivity contribution in [3.63, 3.8) is 0 Å². The van der Waals surface area contributed by atoms with E-state index in [0.717, 1.165) is 12.8 Å². The molecule has 5 heteroatoms. The molecule has 0 radical (unpaired) electrons. The Labute approximate surface area is 94.5 Å². The van der Waals surface area contributed by atoms with Crippen LogP contribution in [0, 0.1) is 6.92 Å². The van der Waals surface area contributed by atoms with E-state index < -0.39 is 5.97 Å². The van der Waals surface area contributed by atoms with Crippen molar-refractivity contribution < 1.29 is 9.90 Å². The van der Waals surface area contributed by atoms with Crippen molar-refractivity contribution in [2.75, 3.05) is 5.32 Å². The van der Waals surface area contributed by atoms with E-state index >= 15 is 0 Å². The van der Waals surface area contributed by atoms with E-state index in [-0.39, 0.29) is 11.1 Å². The van der Waals surface area contributed by atoms with Crippen molar-refractivity contribution in [2.24, 2.45) is 7.05 Å². The average Bonchev–Trinajstić information content (AvgIpc) is 2.39. The lowest BCUT2D eigenvalue weighted by molar-refractivity contribution is 0.0697. The SMILES string of the molecule is Cc1nn(C)c(NC2(C)CCC2)c1C(=O)O. The second-order valence-corrected chi connectivity index (χ2v) is 4.78. The maximum Gasteiger partial charge on any atom is 0.341 e. The number of aromatic nitrogens is 2. The standard InChI is InChI=1S/C11H17N3O2/c1-7-8(10(15)16)9(14(3)13-7)12-11(2)5-4-6-11/h12H,4-6H2,1-3H3,(H,15,16). The molecular formula is C11H17N3O2. The summed E-state index contributed by atoms with van der Waals surface area (Å²) in [7, 11) is 1.77. The highest BCUT2D eigenvalue weighted by Crippen LogP contribution is 2.35. The third-order valence-electron chi connectivity index (χ3n) is 3.31. The lowest BCUT2D eigenvalue weighted by Gasteiger charge is -2.40. The summed E-state index contributed by atoms with van der Waals surface area (Å²) >= 11 is 0. The summed E-state index contributed by atoms with van der Waals surface area (Å²) in [6.45, 7) is 3.84. The van der Waals surface area contributed by atoms with Gasteiger partial charge in [-0.25, -0.2) is 4.79 Å². The summed E-state index contributed by atoms with van der Waals surface area (Å²) in [5.74, 6) is -0.303. The summed E-state index contributed by atoms with van der Waals surface area (Å²) in [5, 5.41) is 16.6. The molecule has 1 fully saturated rings.